The molecule has 0 spiro atoms. The van der Waals surface area contributed by atoms with Crippen LogP contribution in [0.5, 0.6) is 0 Å². The lowest BCUT2D eigenvalue weighted by atomic mass is 9.84. The maximum Gasteiger partial charge on any atom is 0.0301 e. The van der Waals surface area contributed by atoms with Gasteiger partial charge in [-0.3, -0.25) is 0 Å². The van der Waals surface area contributed by atoms with Crippen molar-refractivity contribution < 1.29 is 0 Å². The van der Waals surface area contributed by atoms with Gasteiger partial charge in [0.25, 0.3) is 0 Å². The highest BCUT2D eigenvalue weighted by atomic mass is 15.0. The number of likely N-dealkylation sites (N-methyl/N-ethyl adjacent to an activating group) is 1. The SMILES string of the molecule is CNC1(CN)CCCCCCC1. The Morgan fingerprint density at radius 2 is 1.58 bits per heavy atom. The molecule has 0 aliphatic heterocycles. The van der Waals surface area contributed by atoms with Gasteiger partial charge in [0.05, 0.1) is 0 Å². The predicted molar refractivity (Wildman–Crippen MR) is 53.2 cm³/mol. The van der Waals surface area contributed by atoms with Crippen molar-refractivity contribution in [3.63, 3.8) is 0 Å². The second-order valence-electron chi connectivity index (χ2n) is 4.00. The zero-order valence-electron chi connectivity index (χ0n) is 8.23. The smallest absolute Gasteiger partial charge is 0.0301 e. The topological polar surface area (TPSA) is 38.0 Å². The van der Waals surface area contributed by atoms with Gasteiger partial charge in [-0.2, -0.15) is 0 Å². The van der Waals surface area contributed by atoms with Crippen molar-refractivity contribution in [3.05, 3.63) is 0 Å². The average molecular weight is 170 g/mol. The highest BCUT2D eigenvalue weighted by Gasteiger charge is 2.25. The molecule has 2 heteroatoms. The third-order valence-electron chi connectivity index (χ3n) is 3.23. The summed E-state index contributed by atoms with van der Waals surface area (Å²) in [4.78, 5) is 0. The lowest BCUT2D eigenvalue weighted by Gasteiger charge is -2.34. The zero-order chi connectivity index (χ0) is 8.86. The van der Waals surface area contributed by atoms with Crippen molar-refractivity contribution in [1.29, 1.82) is 0 Å². The fraction of sp³-hybridized carbons (Fsp3) is 1.00. The van der Waals surface area contributed by atoms with E-state index in [4.69, 9.17) is 5.73 Å². The first kappa shape index (κ1) is 10.0. The Bertz CT molecular complexity index is 109. The van der Waals surface area contributed by atoms with Gasteiger partial charge in [0.1, 0.15) is 0 Å². The number of hydrogen-bond acceptors (Lipinski definition) is 2. The second kappa shape index (κ2) is 4.83. The summed E-state index contributed by atoms with van der Waals surface area (Å²) in [5, 5.41) is 3.41. The van der Waals surface area contributed by atoms with E-state index in [9.17, 15) is 0 Å². The molecule has 0 amide bonds. The third kappa shape index (κ3) is 2.46. The molecular formula is C10H22N2. The van der Waals surface area contributed by atoms with Gasteiger partial charge in [0.15, 0.2) is 0 Å². The van der Waals surface area contributed by atoms with Gasteiger partial charge in [-0.25, -0.2) is 0 Å². The molecule has 1 rings (SSSR count). The van der Waals surface area contributed by atoms with Crippen LogP contribution in [0.25, 0.3) is 0 Å². The Morgan fingerprint density at radius 3 is 2.00 bits per heavy atom. The number of rotatable bonds is 2. The van der Waals surface area contributed by atoms with Crippen LogP contribution in [-0.4, -0.2) is 19.1 Å². The fourth-order valence-corrected chi connectivity index (χ4v) is 2.14. The van der Waals surface area contributed by atoms with Crippen molar-refractivity contribution in [2.24, 2.45) is 5.73 Å². The number of nitrogens with one attached hydrogen (secondary N) is 1. The third-order valence-corrected chi connectivity index (χ3v) is 3.23. The summed E-state index contributed by atoms with van der Waals surface area (Å²) in [5.41, 5.74) is 6.07. The van der Waals surface area contributed by atoms with Gasteiger partial charge in [-0.15, -0.1) is 0 Å². The Morgan fingerprint density at radius 1 is 1.08 bits per heavy atom. The van der Waals surface area contributed by atoms with Gasteiger partial charge in [0.2, 0.25) is 0 Å². The first-order valence-corrected chi connectivity index (χ1v) is 5.22. The summed E-state index contributed by atoms with van der Waals surface area (Å²) in [6.07, 6.45) is 9.42. The molecule has 72 valence electrons. The summed E-state index contributed by atoms with van der Waals surface area (Å²) in [6.45, 7) is 0.795. The lowest BCUT2D eigenvalue weighted by Crippen LogP contribution is -2.49. The molecule has 0 unspecified atom stereocenters. The van der Waals surface area contributed by atoms with Crippen LogP contribution in [0.4, 0.5) is 0 Å². The Labute approximate surface area is 75.9 Å². The van der Waals surface area contributed by atoms with Crippen molar-refractivity contribution in [1.82, 2.24) is 5.32 Å². The van der Waals surface area contributed by atoms with E-state index in [-0.39, 0.29) is 5.54 Å². The molecule has 2 nitrogen and oxygen atoms in total. The summed E-state index contributed by atoms with van der Waals surface area (Å²) in [5.74, 6) is 0. The van der Waals surface area contributed by atoms with Gasteiger partial charge in [0, 0.05) is 12.1 Å². The van der Waals surface area contributed by atoms with Crippen molar-refractivity contribution >= 4 is 0 Å². The molecule has 3 N–H and O–H groups in total. The molecule has 0 atom stereocenters. The predicted octanol–water partition coefficient (Wildman–Crippen LogP) is 1.65. The summed E-state index contributed by atoms with van der Waals surface area (Å²) in [7, 11) is 2.05. The van der Waals surface area contributed by atoms with E-state index >= 15 is 0 Å². The van der Waals surface area contributed by atoms with Crippen LogP contribution in [0.3, 0.4) is 0 Å². The maximum absolute atomic E-state index is 5.81. The van der Waals surface area contributed by atoms with Crippen molar-refractivity contribution in [2.45, 2.75) is 50.5 Å². The summed E-state index contributed by atoms with van der Waals surface area (Å²) >= 11 is 0. The zero-order valence-corrected chi connectivity index (χ0v) is 8.23. The minimum Gasteiger partial charge on any atom is -0.329 e. The molecule has 0 saturated heterocycles. The molecular weight excluding hydrogens is 148 g/mol. The van der Waals surface area contributed by atoms with E-state index in [1.165, 1.54) is 44.9 Å². The highest BCUT2D eigenvalue weighted by Crippen LogP contribution is 2.24. The molecule has 1 saturated carbocycles. The number of hydrogen-bond donors (Lipinski definition) is 2. The van der Waals surface area contributed by atoms with E-state index in [0.717, 1.165) is 6.54 Å². The van der Waals surface area contributed by atoms with Crippen LogP contribution in [0.1, 0.15) is 44.9 Å². The minimum absolute atomic E-state index is 0.264. The molecule has 12 heavy (non-hydrogen) atoms. The Balaban J connectivity index is 2.45. The Hall–Kier alpha value is -0.0800. The minimum atomic E-state index is 0.264. The molecule has 1 aliphatic rings. The van der Waals surface area contributed by atoms with Gasteiger partial charge in [-0.1, -0.05) is 32.1 Å². The van der Waals surface area contributed by atoms with Crippen LogP contribution in [0.15, 0.2) is 0 Å². The lowest BCUT2D eigenvalue weighted by molar-refractivity contribution is 0.274. The maximum atomic E-state index is 5.81. The highest BCUT2D eigenvalue weighted by molar-refractivity contribution is 4.88. The normalized spacial score (nSPS) is 24.5. The molecule has 0 aromatic carbocycles. The largest absolute Gasteiger partial charge is 0.329 e. The van der Waals surface area contributed by atoms with Gasteiger partial charge < -0.3 is 11.1 Å². The second-order valence-corrected chi connectivity index (χ2v) is 4.00. The van der Waals surface area contributed by atoms with Crippen molar-refractivity contribution in [2.75, 3.05) is 13.6 Å². The molecule has 1 aliphatic carbocycles. The molecule has 0 heterocycles. The van der Waals surface area contributed by atoms with E-state index in [0.29, 0.717) is 0 Å². The van der Waals surface area contributed by atoms with Crippen LogP contribution >= 0.6 is 0 Å². The van der Waals surface area contributed by atoms with Gasteiger partial charge >= 0.3 is 0 Å². The van der Waals surface area contributed by atoms with E-state index in [1.54, 1.807) is 0 Å². The molecule has 0 radical (unpaired) electrons. The standard InChI is InChI=1S/C10H22N2/c1-12-10(9-11)7-5-3-2-4-6-8-10/h12H,2-9,11H2,1H3. The average Bonchev–Trinajstić information content (AvgIpc) is 2.06. The van der Waals surface area contributed by atoms with Crippen LogP contribution < -0.4 is 11.1 Å². The fourth-order valence-electron chi connectivity index (χ4n) is 2.14. The quantitative estimate of drug-likeness (QED) is 0.661. The van der Waals surface area contributed by atoms with Crippen molar-refractivity contribution in [3.8, 4) is 0 Å². The first-order chi connectivity index (χ1) is 5.83. The van der Waals surface area contributed by atoms with E-state index in [1.807, 2.05) is 0 Å². The van der Waals surface area contributed by atoms with E-state index in [2.05, 4.69) is 12.4 Å². The molecule has 1 fully saturated rings. The number of nitrogens with two attached hydrogens (primary N) is 1. The van der Waals surface area contributed by atoms with Crippen LogP contribution in [0.2, 0.25) is 0 Å². The van der Waals surface area contributed by atoms with Crippen LogP contribution in [-0.2, 0) is 0 Å². The van der Waals surface area contributed by atoms with Crippen LogP contribution in [0, 0.1) is 0 Å². The van der Waals surface area contributed by atoms with Gasteiger partial charge in [-0.05, 0) is 19.9 Å². The Kier molecular flexibility index (Phi) is 4.02. The monoisotopic (exact) mass is 170 g/mol. The first-order valence-electron chi connectivity index (χ1n) is 5.22. The molecule has 0 aromatic heterocycles. The summed E-state index contributed by atoms with van der Waals surface area (Å²) < 4.78 is 0. The molecule has 0 aromatic rings. The summed E-state index contributed by atoms with van der Waals surface area (Å²) in [6, 6.07) is 0. The molecule has 0 bridgehead atoms. The van der Waals surface area contributed by atoms with E-state index < -0.39 is 0 Å².